The van der Waals surface area contributed by atoms with Crippen molar-refractivity contribution in [3.63, 3.8) is 0 Å². The SMILES string of the molecule is Cc1c2c(c(C)c3occc13)-c1c3c(cc(C(C)C)cc3cc[n+]1C)O2. The summed E-state index contributed by atoms with van der Waals surface area (Å²) in [6, 6.07) is 8.70. The topological polar surface area (TPSA) is 26.2 Å². The zero-order valence-corrected chi connectivity index (χ0v) is 15.8. The molecule has 0 saturated carbocycles. The summed E-state index contributed by atoms with van der Waals surface area (Å²) < 4.78 is 14.5. The van der Waals surface area contributed by atoms with Crippen LogP contribution in [0.5, 0.6) is 11.5 Å². The third-order valence-corrected chi connectivity index (χ3v) is 5.69. The predicted octanol–water partition coefficient (Wildman–Crippen LogP) is 5.92. The Morgan fingerprint density at radius 1 is 1.04 bits per heavy atom. The quantitative estimate of drug-likeness (QED) is 0.353. The molecule has 0 saturated heterocycles. The molecule has 3 nitrogen and oxygen atoms in total. The van der Waals surface area contributed by atoms with Crippen molar-refractivity contribution in [2.24, 2.45) is 7.05 Å². The number of furan rings is 1. The summed E-state index contributed by atoms with van der Waals surface area (Å²) in [5.74, 6) is 2.36. The van der Waals surface area contributed by atoms with Gasteiger partial charge in [0.25, 0.3) is 0 Å². The maximum absolute atomic E-state index is 6.53. The Morgan fingerprint density at radius 3 is 2.62 bits per heavy atom. The molecule has 0 N–H and O–H groups in total. The lowest BCUT2D eigenvalue weighted by molar-refractivity contribution is -0.659. The van der Waals surface area contributed by atoms with E-state index >= 15 is 0 Å². The monoisotopic (exact) mass is 344 g/mol. The van der Waals surface area contributed by atoms with Crippen LogP contribution in [-0.2, 0) is 7.05 Å². The lowest BCUT2D eigenvalue weighted by atomic mass is 9.90. The number of benzene rings is 2. The van der Waals surface area contributed by atoms with Crippen molar-refractivity contribution in [3.05, 3.63) is 53.4 Å². The van der Waals surface area contributed by atoms with Crippen LogP contribution in [0.25, 0.3) is 33.0 Å². The van der Waals surface area contributed by atoms with Gasteiger partial charge < -0.3 is 9.15 Å². The van der Waals surface area contributed by atoms with E-state index in [0.29, 0.717) is 5.92 Å². The summed E-state index contributed by atoms with van der Waals surface area (Å²) in [6.07, 6.45) is 3.91. The Kier molecular flexibility index (Phi) is 3.03. The van der Waals surface area contributed by atoms with Crippen LogP contribution in [0.4, 0.5) is 0 Å². The Morgan fingerprint density at radius 2 is 1.85 bits per heavy atom. The van der Waals surface area contributed by atoms with Gasteiger partial charge in [-0.05, 0) is 42.8 Å². The van der Waals surface area contributed by atoms with Gasteiger partial charge in [-0.25, -0.2) is 4.57 Å². The molecule has 130 valence electrons. The van der Waals surface area contributed by atoms with Crippen LogP contribution in [0.2, 0.25) is 0 Å². The number of aryl methyl sites for hydroxylation is 3. The number of hydrogen-bond donors (Lipinski definition) is 0. The molecular weight excluding hydrogens is 322 g/mol. The zero-order valence-electron chi connectivity index (χ0n) is 15.8. The van der Waals surface area contributed by atoms with Crippen molar-refractivity contribution in [2.75, 3.05) is 0 Å². The van der Waals surface area contributed by atoms with Crippen molar-refractivity contribution in [1.29, 1.82) is 0 Å². The van der Waals surface area contributed by atoms with Gasteiger partial charge in [0.1, 0.15) is 24.1 Å². The second-order valence-electron chi connectivity index (χ2n) is 7.63. The van der Waals surface area contributed by atoms with Crippen LogP contribution < -0.4 is 9.30 Å². The molecule has 0 atom stereocenters. The van der Waals surface area contributed by atoms with E-state index in [1.165, 1.54) is 22.0 Å². The minimum Gasteiger partial charge on any atom is -0.464 e. The van der Waals surface area contributed by atoms with E-state index in [2.05, 4.69) is 63.7 Å². The summed E-state index contributed by atoms with van der Waals surface area (Å²) in [6.45, 7) is 8.69. The molecule has 2 aromatic heterocycles. The average molecular weight is 344 g/mol. The van der Waals surface area contributed by atoms with Gasteiger partial charge in [0.05, 0.1) is 17.2 Å². The van der Waals surface area contributed by atoms with Crippen molar-refractivity contribution in [3.8, 4) is 22.8 Å². The second-order valence-corrected chi connectivity index (χ2v) is 7.63. The lowest BCUT2D eigenvalue weighted by Gasteiger charge is -2.23. The largest absolute Gasteiger partial charge is 0.464 e. The fourth-order valence-electron chi connectivity index (χ4n) is 4.21. The fraction of sp³-hybridized carbons (Fsp3) is 0.261. The van der Waals surface area contributed by atoms with E-state index in [1.807, 2.05) is 6.07 Å². The molecule has 4 aromatic rings. The van der Waals surface area contributed by atoms with Crippen molar-refractivity contribution < 1.29 is 13.7 Å². The highest BCUT2D eigenvalue weighted by Gasteiger charge is 2.32. The van der Waals surface area contributed by atoms with E-state index in [1.54, 1.807) is 6.26 Å². The number of hydrogen-bond acceptors (Lipinski definition) is 2. The number of pyridine rings is 1. The van der Waals surface area contributed by atoms with E-state index in [-0.39, 0.29) is 0 Å². The molecule has 1 aliphatic rings. The average Bonchev–Trinajstić information content (AvgIpc) is 3.11. The summed E-state index contributed by atoms with van der Waals surface area (Å²) in [7, 11) is 2.10. The van der Waals surface area contributed by atoms with Crippen molar-refractivity contribution >= 4 is 21.7 Å². The fourth-order valence-corrected chi connectivity index (χ4v) is 4.21. The van der Waals surface area contributed by atoms with Crippen LogP contribution in [0.1, 0.15) is 36.5 Å². The Labute approximate surface area is 152 Å². The smallest absolute Gasteiger partial charge is 0.228 e. The number of rotatable bonds is 1. The summed E-state index contributed by atoms with van der Waals surface area (Å²) >= 11 is 0. The van der Waals surface area contributed by atoms with Crippen LogP contribution in [0.15, 0.2) is 41.1 Å². The Balaban J connectivity index is 1.99. The molecule has 1 aliphatic heterocycles. The van der Waals surface area contributed by atoms with Crippen molar-refractivity contribution in [1.82, 2.24) is 0 Å². The third-order valence-electron chi connectivity index (χ3n) is 5.69. The molecule has 5 rings (SSSR count). The van der Waals surface area contributed by atoms with Crippen LogP contribution in [0, 0.1) is 13.8 Å². The van der Waals surface area contributed by atoms with E-state index in [0.717, 1.165) is 39.2 Å². The number of fused-ring (bicyclic) bond motifs is 3. The molecule has 3 heteroatoms. The zero-order chi connectivity index (χ0) is 18.2. The van der Waals surface area contributed by atoms with Gasteiger partial charge in [-0.1, -0.05) is 19.9 Å². The number of aromatic nitrogens is 1. The van der Waals surface area contributed by atoms with Crippen LogP contribution >= 0.6 is 0 Å². The summed E-state index contributed by atoms with van der Waals surface area (Å²) in [5, 5.41) is 3.53. The minimum absolute atomic E-state index is 0.456. The van der Waals surface area contributed by atoms with Gasteiger partial charge in [0.15, 0.2) is 6.20 Å². The van der Waals surface area contributed by atoms with Gasteiger partial charge in [-0.2, -0.15) is 0 Å². The second kappa shape index (κ2) is 5.10. The summed E-state index contributed by atoms with van der Waals surface area (Å²) in [4.78, 5) is 0. The van der Waals surface area contributed by atoms with E-state index in [9.17, 15) is 0 Å². The molecule has 0 radical (unpaired) electrons. The molecule has 0 spiro atoms. The van der Waals surface area contributed by atoms with Gasteiger partial charge in [0, 0.05) is 22.6 Å². The first-order valence-corrected chi connectivity index (χ1v) is 9.12. The lowest BCUT2D eigenvalue weighted by Crippen LogP contribution is -2.32. The first-order valence-electron chi connectivity index (χ1n) is 9.12. The molecular formula is C23H22NO2+. The highest BCUT2D eigenvalue weighted by molar-refractivity contribution is 6.05. The number of nitrogens with zero attached hydrogens (tertiary/aromatic N) is 1. The van der Waals surface area contributed by atoms with Gasteiger partial charge in [0.2, 0.25) is 5.69 Å². The molecule has 0 unspecified atom stereocenters. The standard InChI is InChI=1S/C23H22NO2/c1-12(2)16-10-15-6-8-24(5)21-19-14(4)22-17(7-9-25-22)13(3)23(19)26-18(11-16)20(15)21/h6-12H,1-5H3/q+1. The highest BCUT2D eigenvalue weighted by atomic mass is 16.5. The normalized spacial score (nSPS) is 12.7. The molecule has 0 bridgehead atoms. The summed E-state index contributed by atoms with van der Waals surface area (Å²) in [5.41, 5.74) is 6.86. The predicted molar refractivity (Wildman–Crippen MR) is 104 cm³/mol. The van der Waals surface area contributed by atoms with E-state index in [4.69, 9.17) is 9.15 Å². The maximum atomic E-state index is 6.53. The maximum Gasteiger partial charge on any atom is 0.228 e. The Hall–Kier alpha value is -2.81. The highest BCUT2D eigenvalue weighted by Crippen LogP contribution is 2.50. The first-order chi connectivity index (χ1) is 12.5. The molecule has 0 amide bonds. The molecule has 0 aliphatic carbocycles. The number of ether oxygens (including phenoxy) is 1. The van der Waals surface area contributed by atoms with Gasteiger partial charge in [-0.15, -0.1) is 0 Å². The van der Waals surface area contributed by atoms with Gasteiger partial charge >= 0.3 is 0 Å². The molecule has 3 heterocycles. The molecule has 2 aromatic carbocycles. The van der Waals surface area contributed by atoms with E-state index < -0.39 is 0 Å². The molecule has 26 heavy (non-hydrogen) atoms. The first kappa shape index (κ1) is 15.4. The minimum atomic E-state index is 0.456. The third kappa shape index (κ3) is 1.86. The van der Waals surface area contributed by atoms with Crippen LogP contribution in [0.3, 0.4) is 0 Å². The Bertz CT molecular complexity index is 1210. The van der Waals surface area contributed by atoms with Crippen LogP contribution in [-0.4, -0.2) is 0 Å². The molecule has 0 fully saturated rings. The van der Waals surface area contributed by atoms with Gasteiger partial charge in [-0.3, -0.25) is 0 Å². The van der Waals surface area contributed by atoms with Crippen molar-refractivity contribution in [2.45, 2.75) is 33.6 Å².